The third-order valence-corrected chi connectivity index (χ3v) is 8.56. The molecule has 0 saturated carbocycles. The first-order valence-electron chi connectivity index (χ1n) is 10.7. The number of nitrogens with one attached hydrogen (secondary N) is 1. The molecule has 1 aliphatic rings. The maximum Gasteiger partial charge on any atom is 0.340 e. The number of carbonyl (C=O) groups excluding carboxylic acids is 1. The highest BCUT2D eigenvalue weighted by atomic mass is 32.2. The van der Waals surface area contributed by atoms with E-state index in [0.29, 0.717) is 24.3 Å². The standard InChI is InChI=1S/C22H27N2O8S2/c1-16-12-18(31-11-5-10-25)14-19(13-16)32-34(29,30)22-7-4-3-6-21(22)33(27,28)24-9-8-23-15-20(24)17(2)26/h3-4,6-7,12-14,20,23H,5,8-11,15H2,1-2H3. The summed E-state index contributed by atoms with van der Waals surface area (Å²) in [5.41, 5.74) is 0.649. The monoisotopic (exact) mass is 511 g/mol. The van der Waals surface area contributed by atoms with Crippen molar-refractivity contribution in [3.05, 3.63) is 48.0 Å². The van der Waals surface area contributed by atoms with Crippen LogP contribution in [-0.4, -0.2) is 65.8 Å². The van der Waals surface area contributed by atoms with E-state index in [9.17, 15) is 26.7 Å². The fourth-order valence-corrected chi connectivity index (χ4v) is 6.92. The van der Waals surface area contributed by atoms with Gasteiger partial charge in [-0.25, -0.2) is 13.5 Å². The van der Waals surface area contributed by atoms with Crippen LogP contribution in [0.25, 0.3) is 0 Å². The van der Waals surface area contributed by atoms with Crippen LogP contribution in [0.4, 0.5) is 0 Å². The Balaban J connectivity index is 1.97. The van der Waals surface area contributed by atoms with E-state index in [1.165, 1.54) is 37.3 Å². The van der Waals surface area contributed by atoms with Gasteiger partial charge >= 0.3 is 10.1 Å². The minimum absolute atomic E-state index is 0.0176. The third-order valence-electron chi connectivity index (χ3n) is 5.16. The average molecular weight is 512 g/mol. The van der Waals surface area contributed by atoms with Crippen molar-refractivity contribution in [2.45, 2.75) is 36.1 Å². The number of hydrogen-bond donors (Lipinski definition) is 1. The molecule has 1 unspecified atom stereocenters. The number of Topliss-reactive ketones (excluding diaryl/α,β-unsaturated/α-hetero) is 1. The summed E-state index contributed by atoms with van der Waals surface area (Å²) < 4.78 is 65.1. The van der Waals surface area contributed by atoms with Crippen LogP contribution in [0, 0.1) is 6.92 Å². The van der Waals surface area contributed by atoms with Crippen molar-refractivity contribution < 1.29 is 35.7 Å². The van der Waals surface area contributed by atoms with Crippen LogP contribution in [0.5, 0.6) is 11.5 Å². The zero-order valence-corrected chi connectivity index (χ0v) is 20.5. The molecule has 0 bridgehead atoms. The molecule has 34 heavy (non-hydrogen) atoms. The average Bonchev–Trinajstić information content (AvgIpc) is 2.78. The summed E-state index contributed by atoms with van der Waals surface area (Å²) >= 11 is 0. The Morgan fingerprint density at radius 2 is 1.76 bits per heavy atom. The number of carbonyl (C=O) groups is 1. The number of piperazine rings is 1. The first kappa shape index (κ1) is 26.1. The van der Waals surface area contributed by atoms with Crippen molar-refractivity contribution in [2.24, 2.45) is 0 Å². The maximum atomic E-state index is 13.5. The van der Waals surface area contributed by atoms with Crippen LogP contribution in [0.1, 0.15) is 18.9 Å². The molecule has 10 nitrogen and oxygen atoms in total. The molecule has 0 amide bonds. The minimum atomic E-state index is -4.57. The van der Waals surface area contributed by atoms with E-state index in [1.807, 2.05) is 0 Å². The van der Waals surface area contributed by atoms with Crippen LogP contribution >= 0.6 is 0 Å². The lowest BCUT2D eigenvalue weighted by molar-refractivity contribution is -0.120. The second-order valence-corrected chi connectivity index (χ2v) is 11.2. The lowest BCUT2D eigenvalue weighted by Crippen LogP contribution is -2.56. The van der Waals surface area contributed by atoms with E-state index in [-0.39, 0.29) is 37.8 Å². The van der Waals surface area contributed by atoms with Crippen LogP contribution in [0.2, 0.25) is 0 Å². The van der Waals surface area contributed by atoms with Crippen molar-refractivity contribution in [3.8, 4) is 11.5 Å². The predicted octanol–water partition coefficient (Wildman–Crippen LogP) is 1.51. The van der Waals surface area contributed by atoms with Gasteiger partial charge in [-0.05, 0) is 43.7 Å². The quantitative estimate of drug-likeness (QED) is 0.374. The Kier molecular flexibility index (Phi) is 8.31. The zero-order chi connectivity index (χ0) is 24.9. The van der Waals surface area contributed by atoms with Gasteiger partial charge in [-0.15, -0.1) is 0 Å². The lowest BCUT2D eigenvalue weighted by atomic mass is 10.2. The van der Waals surface area contributed by atoms with Crippen molar-refractivity contribution in [3.63, 3.8) is 0 Å². The Morgan fingerprint density at radius 3 is 2.44 bits per heavy atom. The molecular formula is C22H27N2O8S2. The van der Waals surface area contributed by atoms with Crippen LogP contribution in [0.15, 0.2) is 52.3 Å². The normalized spacial score (nSPS) is 17.3. The molecule has 1 fully saturated rings. The Hall–Kier alpha value is -2.51. The number of benzene rings is 2. The fraction of sp³-hybridized carbons (Fsp3) is 0.409. The molecule has 12 heteroatoms. The van der Waals surface area contributed by atoms with Gasteiger partial charge in [-0.1, -0.05) is 12.1 Å². The van der Waals surface area contributed by atoms with E-state index in [2.05, 4.69) is 5.32 Å². The largest absolute Gasteiger partial charge is 0.493 e. The van der Waals surface area contributed by atoms with Gasteiger partial charge in [0.25, 0.3) is 0 Å². The topological polar surface area (TPSA) is 139 Å². The molecule has 0 aromatic heterocycles. The SMILES string of the molecule is CC(=O)C1CNCCN1S(=O)(=O)c1ccccc1S(=O)(=O)Oc1cc(C)cc(OCCC[O])c1. The highest BCUT2D eigenvalue weighted by molar-refractivity contribution is 7.91. The smallest absolute Gasteiger partial charge is 0.340 e. The molecule has 1 heterocycles. The summed E-state index contributed by atoms with van der Waals surface area (Å²) in [7, 11) is -8.91. The maximum absolute atomic E-state index is 13.5. The van der Waals surface area contributed by atoms with Gasteiger partial charge in [0, 0.05) is 32.1 Å². The Morgan fingerprint density at radius 1 is 1.09 bits per heavy atom. The van der Waals surface area contributed by atoms with Gasteiger partial charge in [0.15, 0.2) is 0 Å². The van der Waals surface area contributed by atoms with Crippen LogP contribution in [0.3, 0.4) is 0 Å². The molecule has 1 N–H and O–H groups in total. The number of sulfonamides is 1. The van der Waals surface area contributed by atoms with Crippen molar-refractivity contribution in [1.82, 2.24) is 9.62 Å². The first-order chi connectivity index (χ1) is 16.1. The van der Waals surface area contributed by atoms with Gasteiger partial charge in [-0.3, -0.25) is 4.79 Å². The van der Waals surface area contributed by atoms with Crippen LogP contribution < -0.4 is 14.2 Å². The van der Waals surface area contributed by atoms with Crippen molar-refractivity contribution in [1.29, 1.82) is 0 Å². The number of rotatable bonds is 10. The highest BCUT2D eigenvalue weighted by Crippen LogP contribution is 2.30. The molecule has 1 aliphatic heterocycles. The molecule has 1 atom stereocenters. The second kappa shape index (κ2) is 10.8. The molecule has 0 spiro atoms. The highest BCUT2D eigenvalue weighted by Gasteiger charge is 2.39. The minimum Gasteiger partial charge on any atom is -0.493 e. The Bertz CT molecular complexity index is 1250. The summed E-state index contributed by atoms with van der Waals surface area (Å²) in [6, 6.07) is 8.67. The summed E-state index contributed by atoms with van der Waals surface area (Å²) in [6.07, 6.45) is 0.293. The number of aryl methyl sites for hydroxylation is 1. The van der Waals surface area contributed by atoms with Gasteiger partial charge < -0.3 is 14.2 Å². The molecule has 2 aromatic rings. The number of hydrogen-bond acceptors (Lipinski definition) is 8. The molecule has 2 aromatic carbocycles. The molecule has 1 saturated heterocycles. The third kappa shape index (κ3) is 5.94. The lowest BCUT2D eigenvalue weighted by Gasteiger charge is -2.33. The van der Waals surface area contributed by atoms with Gasteiger partial charge in [0.2, 0.25) is 10.0 Å². The van der Waals surface area contributed by atoms with Crippen LogP contribution in [-0.2, 0) is 30.0 Å². The van der Waals surface area contributed by atoms with E-state index >= 15 is 0 Å². The van der Waals surface area contributed by atoms with E-state index in [0.717, 1.165) is 10.4 Å². The summed E-state index contributed by atoms with van der Waals surface area (Å²) in [4.78, 5) is 11.0. The fourth-order valence-electron chi connectivity index (χ4n) is 3.58. The van der Waals surface area contributed by atoms with Crippen molar-refractivity contribution >= 4 is 25.9 Å². The van der Waals surface area contributed by atoms with Crippen molar-refractivity contribution in [2.75, 3.05) is 32.8 Å². The van der Waals surface area contributed by atoms with Gasteiger partial charge in [0.05, 0.1) is 19.3 Å². The number of ketones is 1. The summed E-state index contributed by atoms with van der Waals surface area (Å²) in [5, 5.41) is 13.6. The van der Waals surface area contributed by atoms with Gasteiger partial charge in [-0.2, -0.15) is 12.7 Å². The van der Waals surface area contributed by atoms with E-state index in [4.69, 9.17) is 8.92 Å². The molecule has 1 radical (unpaired) electrons. The number of ether oxygens (including phenoxy) is 1. The predicted molar refractivity (Wildman–Crippen MR) is 122 cm³/mol. The molecular weight excluding hydrogens is 484 g/mol. The second-order valence-electron chi connectivity index (χ2n) is 7.82. The summed E-state index contributed by atoms with van der Waals surface area (Å²) in [6.45, 7) is 3.36. The number of nitrogens with zero attached hydrogens (tertiary/aromatic N) is 1. The summed E-state index contributed by atoms with van der Waals surface area (Å²) in [5.74, 6) is -0.0885. The Labute approximate surface area is 199 Å². The van der Waals surface area contributed by atoms with E-state index < -0.39 is 36.0 Å². The zero-order valence-electron chi connectivity index (χ0n) is 18.9. The first-order valence-corrected chi connectivity index (χ1v) is 13.5. The molecule has 3 rings (SSSR count). The molecule has 185 valence electrons. The molecule has 0 aliphatic carbocycles. The van der Waals surface area contributed by atoms with E-state index in [1.54, 1.807) is 13.0 Å². The van der Waals surface area contributed by atoms with Gasteiger partial charge in [0.1, 0.15) is 27.1 Å².